The van der Waals surface area contributed by atoms with Crippen LogP contribution in [-0.4, -0.2) is 15.2 Å². The lowest BCUT2D eigenvalue weighted by atomic mass is 10.1. The Morgan fingerprint density at radius 3 is 3.00 bits per heavy atom. The van der Waals surface area contributed by atoms with Gasteiger partial charge >= 0.3 is 0 Å². The molecule has 0 aliphatic carbocycles. The maximum Gasteiger partial charge on any atom is 0.263 e. The Labute approximate surface area is 113 Å². The summed E-state index contributed by atoms with van der Waals surface area (Å²) < 4.78 is 0.505. The van der Waals surface area contributed by atoms with Crippen molar-refractivity contribution in [3.63, 3.8) is 0 Å². The number of aromatic nitrogens is 1. The lowest BCUT2D eigenvalue weighted by molar-refractivity contribution is -0.115. The largest absolute Gasteiger partial charge is 0.307 e. The standard InChI is InChI=1S/C13H8N2OS2/c16-12-11(18-13(17)15-12)7-8-3-4-9-2-1-5-14-10(9)6-8/h1-7H,(H,15,16,17)/b11-7-. The molecule has 1 saturated heterocycles. The SMILES string of the molecule is O=C1NC(=S)S/C1=C\c1ccc2cccnc2c1. The summed E-state index contributed by atoms with van der Waals surface area (Å²) >= 11 is 6.23. The number of carbonyl (C=O) groups is 1. The smallest absolute Gasteiger partial charge is 0.263 e. The summed E-state index contributed by atoms with van der Waals surface area (Å²) in [5.74, 6) is -0.133. The molecule has 0 unspecified atom stereocenters. The number of amides is 1. The predicted molar refractivity (Wildman–Crippen MR) is 78.1 cm³/mol. The fourth-order valence-electron chi connectivity index (χ4n) is 1.75. The van der Waals surface area contributed by atoms with Crippen molar-refractivity contribution < 1.29 is 4.79 Å². The minimum Gasteiger partial charge on any atom is -0.307 e. The van der Waals surface area contributed by atoms with Crippen molar-refractivity contribution in [3.05, 3.63) is 47.0 Å². The minimum absolute atomic E-state index is 0.133. The van der Waals surface area contributed by atoms with E-state index in [0.29, 0.717) is 9.23 Å². The topological polar surface area (TPSA) is 42.0 Å². The molecular weight excluding hydrogens is 264 g/mol. The fourth-order valence-corrected chi connectivity index (χ4v) is 2.79. The average molecular weight is 272 g/mol. The van der Waals surface area contributed by atoms with Crippen LogP contribution in [0, 0.1) is 0 Å². The van der Waals surface area contributed by atoms with Gasteiger partial charge in [0, 0.05) is 11.6 Å². The molecule has 3 nitrogen and oxygen atoms in total. The van der Waals surface area contributed by atoms with Crippen molar-refractivity contribution in [2.75, 3.05) is 0 Å². The Morgan fingerprint density at radius 2 is 2.22 bits per heavy atom. The quantitative estimate of drug-likeness (QED) is 0.640. The van der Waals surface area contributed by atoms with Gasteiger partial charge in [0.25, 0.3) is 5.91 Å². The molecule has 2 aromatic rings. The Balaban J connectivity index is 2.02. The Morgan fingerprint density at radius 1 is 1.33 bits per heavy atom. The molecule has 1 aromatic heterocycles. The molecule has 0 spiro atoms. The molecule has 1 amide bonds. The normalized spacial score (nSPS) is 17.4. The molecule has 1 aliphatic rings. The van der Waals surface area contributed by atoms with Gasteiger partial charge in [0.2, 0.25) is 0 Å². The highest BCUT2D eigenvalue weighted by atomic mass is 32.2. The number of hydrogen-bond donors (Lipinski definition) is 1. The summed E-state index contributed by atoms with van der Waals surface area (Å²) in [5, 5.41) is 3.68. The number of thioether (sulfide) groups is 1. The molecular formula is C13H8N2OS2. The highest BCUT2D eigenvalue weighted by molar-refractivity contribution is 8.26. The van der Waals surface area contributed by atoms with E-state index in [1.807, 2.05) is 36.4 Å². The Hall–Kier alpha value is -1.72. The van der Waals surface area contributed by atoms with Gasteiger partial charge in [-0.3, -0.25) is 9.78 Å². The second kappa shape index (κ2) is 4.51. The number of thiocarbonyl (C=S) groups is 1. The molecule has 3 rings (SSSR count). The summed E-state index contributed by atoms with van der Waals surface area (Å²) in [6, 6.07) is 9.82. The van der Waals surface area contributed by atoms with Crippen LogP contribution >= 0.6 is 24.0 Å². The number of rotatable bonds is 1. The third-order valence-electron chi connectivity index (χ3n) is 2.57. The highest BCUT2D eigenvalue weighted by Gasteiger charge is 2.21. The lowest BCUT2D eigenvalue weighted by Gasteiger charge is -1.99. The number of nitrogens with one attached hydrogen (secondary N) is 1. The van der Waals surface area contributed by atoms with Crippen LogP contribution in [0.5, 0.6) is 0 Å². The van der Waals surface area contributed by atoms with Gasteiger partial charge in [-0.05, 0) is 23.8 Å². The molecule has 1 fully saturated rings. The van der Waals surface area contributed by atoms with Crippen LogP contribution in [0.15, 0.2) is 41.4 Å². The molecule has 1 aliphatic heterocycles. The van der Waals surface area contributed by atoms with Crippen molar-refractivity contribution in [2.24, 2.45) is 0 Å². The third-order valence-corrected chi connectivity index (χ3v) is 3.73. The van der Waals surface area contributed by atoms with E-state index in [-0.39, 0.29) is 5.91 Å². The summed E-state index contributed by atoms with van der Waals surface area (Å²) in [4.78, 5) is 16.5. The first-order valence-corrected chi connectivity index (χ1v) is 6.54. The van der Waals surface area contributed by atoms with Gasteiger partial charge in [-0.25, -0.2) is 0 Å². The van der Waals surface area contributed by atoms with Crippen LogP contribution in [0.2, 0.25) is 0 Å². The highest BCUT2D eigenvalue weighted by Crippen LogP contribution is 2.26. The van der Waals surface area contributed by atoms with Crippen molar-refractivity contribution >= 4 is 51.2 Å². The number of benzene rings is 1. The van der Waals surface area contributed by atoms with E-state index < -0.39 is 0 Å². The number of fused-ring (bicyclic) bond motifs is 1. The number of pyridine rings is 1. The van der Waals surface area contributed by atoms with Crippen molar-refractivity contribution in [3.8, 4) is 0 Å². The van der Waals surface area contributed by atoms with Crippen LogP contribution in [0.3, 0.4) is 0 Å². The first-order chi connectivity index (χ1) is 8.72. The van der Waals surface area contributed by atoms with Crippen LogP contribution < -0.4 is 5.32 Å². The molecule has 18 heavy (non-hydrogen) atoms. The molecule has 0 atom stereocenters. The van der Waals surface area contributed by atoms with Crippen LogP contribution in [-0.2, 0) is 4.79 Å². The molecule has 88 valence electrons. The molecule has 0 bridgehead atoms. The van der Waals surface area contributed by atoms with Gasteiger partial charge in [0.05, 0.1) is 10.4 Å². The first kappa shape index (κ1) is 11.4. The Kier molecular flexibility index (Phi) is 2.85. The predicted octanol–water partition coefficient (Wildman–Crippen LogP) is 2.72. The number of hydrogen-bond acceptors (Lipinski definition) is 4. The summed E-state index contributed by atoms with van der Waals surface area (Å²) in [6.07, 6.45) is 3.58. The van der Waals surface area contributed by atoms with Crippen molar-refractivity contribution in [1.82, 2.24) is 10.3 Å². The van der Waals surface area contributed by atoms with E-state index in [0.717, 1.165) is 16.5 Å². The summed E-state index contributed by atoms with van der Waals surface area (Å²) in [6.45, 7) is 0. The minimum atomic E-state index is -0.133. The third kappa shape index (κ3) is 2.14. The van der Waals surface area contributed by atoms with E-state index in [2.05, 4.69) is 10.3 Å². The monoisotopic (exact) mass is 272 g/mol. The molecule has 1 N–H and O–H groups in total. The van der Waals surface area contributed by atoms with Gasteiger partial charge in [-0.1, -0.05) is 42.2 Å². The zero-order chi connectivity index (χ0) is 12.5. The molecule has 2 heterocycles. The van der Waals surface area contributed by atoms with Gasteiger partial charge in [-0.15, -0.1) is 0 Å². The van der Waals surface area contributed by atoms with Gasteiger partial charge in [-0.2, -0.15) is 0 Å². The maximum absolute atomic E-state index is 11.5. The first-order valence-electron chi connectivity index (χ1n) is 5.32. The van der Waals surface area contributed by atoms with Gasteiger partial charge in [0.15, 0.2) is 0 Å². The van der Waals surface area contributed by atoms with E-state index in [9.17, 15) is 4.79 Å². The summed E-state index contributed by atoms with van der Waals surface area (Å²) in [5.41, 5.74) is 1.86. The summed E-state index contributed by atoms with van der Waals surface area (Å²) in [7, 11) is 0. The number of carbonyl (C=O) groups excluding carboxylic acids is 1. The second-order valence-electron chi connectivity index (χ2n) is 3.81. The van der Waals surface area contributed by atoms with Gasteiger partial charge in [0.1, 0.15) is 4.32 Å². The zero-order valence-electron chi connectivity index (χ0n) is 9.21. The van der Waals surface area contributed by atoms with Crippen LogP contribution in [0.1, 0.15) is 5.56 Å². The molecule has 0 saturated carbocycles. The van der Waals surface area contributed by atoms with E-state index >= 15 is 0 Å². The lowest BCUT2D eigenvalue weighted by Crippen LogP contribution is -2.17. The van der Waals surface area contributed by atoms with Crippen LogP contribution in [0.25, 0.3) is 17.0 Å². The molecule has 0 radical (unpaired) electrons. The zero-order valence-corrected chi connectivity index (χ0v) is 10.8. The van der Waals surface area contributed by atoms with Crippen molar-refractivity contribution in [2.45, 2.75) is 0 Å². The Bertz CT molecular complexity index is 694. The maximum atomic E-state index is 11.5. The second-order valence-corrected chi connectivity index (χ2v) is 5.53. The van der Waals surface area contributed by atoms with E-state index in [4.69, 9.17) is 12.2 Å². The van der Waals surface area contributed by atoms with Crippen molar-refractivity contribution in [1.29, 1.82) is 0 Å². The average Bonchev–Trinajstić information content (AvgIpc) is 2.68. The van der Waals surface area contributed by atoms with Crippen LogP contribution in [0.4, 0.5) is 0 Å². The molecule has 5 heteroatoms. The van der Waals surface area contributed by atoms with E-state index in [1.54, 1.807) is 6.20 Å². The fraction of sp³-hybridized carbons (Fsp3) is 0. The number of nitrogens with zero attached hydrogens (tertiary/aromatic N) is 1. The van der Waals surface area contributed by atoms with E-state index in [1.165, 1.54) is 11.8 Å². The van der Waals surface area contributed by atoms with Gasteiger partial charge < -0.3 is 5.32 Å². The molecule has 1 aromatic carbocycles.